The van der Waals surface area contributed by atoms with E-state index in [1.54, 1.807) is 7.11 Å². The summed E-state index contributed by atoms with van der Waals surface area (Å²) in [6.45, 7) is 9.02. The van der Waals surface area contributed by atoms with Crippen molar-refractivity contribution >= 4 is 0 Å². The van der Waals surface area contributed by atoms with Crippen LogP contribution < -0.4 is 5.73 Å². The second-order valence-corrected chi connectivity index (χ2v) is 5.02. The highest BCUT2D eigenvalue weighted by molar-refractivity contribution is 5.26. The van der Waals surface area contributed by atoms with E-state index in [1.165, 1.54) is 11.1 Å². The molecule has 2 atom stereocenters. The first-order valence-corrected chi connectivity index (χ1v) is 7.21. The van der Waals surface area contributed by atoms with Gasteiger partial charge in [0, 0.05) is 25.7 Å². The van der Waals surface area contributed by atoms with Crippen molar-refractivity contribution in [1.82, 2.24) is 4.90 Å². The van der Waals surface area contributed by atoms with Crippen molar-refractivity contribution < 1.29 is 4.74 Å². The average molecular weight is 264 g/mol. The van der Waals surface area contributed by atoms with Gasteiger partial charge in [-0.15, -0.1) is 0 Å². The van der Waals surface area contributed by atoms with Gasteiger partial charge in [0.25, 0.3) is 0 Å². The topological polar surface area (TPSA) is 38.5 Å². The Balaban J connectivity index is 2.97. The van der Waals surface area contributed by atoms with Gasteiger partial charge in [0.2, 0.25) is 0 Å². The summed E-state index contributed by atoms with van der Waals surface area (Å²) in [4.78, 5) is 2.48. The summed E-state index contributed by atoms with van der Waals surface area (Å²) in [7, 11) is 1.73. The van der Waals surface area contributed by atoms with Crippen LogP contribution in [0.4, 0.5) is 0 Å². The molecule has 0 heterocycles. The van der Waals surface area contributed by atoms with E-state index in [4.69, 9.17) is 10.5 Å². The summed E-state index contributed by atoms with van der Waals surface area (Å²) in [5.74, 6) is 0. The molecule has 3 nitrogen and oxygen atoms in total. The average Bonchev–Trinajstić information content (AvgIpc) is 2.44. The Bertz CT molecular complexity index is 368. The first-order chi connectivity index (χ1) is 9.17. The molecule has 108 valence electrons. The maximum absolute atomic E-state index is 6.02. The van der Waals surface area contributed by atoms with Gasteiger partial charge in [-0.1, -0.05) is 38.1 Å². The fourth-order valence-corrected chi connectivity index (χ4v) is 2.59. The standard InChI is InChI=1S/C16H28N2O/c1-5-13(3)18(6-2)16(11-17)15-9-7-8-14(10-15)12-19-4/h7-10,13,16H,5-6,11-12,17H2,1-4H3. The van der Waals surface area contributed by atoms with Crippen molar-refractivity contribution in [3.63, 3.8) is 0 Å². The molecule has 3 heteroatoms. The van der Waals surface area contributed by atoms with E-state index >= 15 is 0 Å². The van der Waals surface area contributed by atoms with E-state index < -0.39 is 0 Å². The molecule has 0 aromatic heterocycles. The van der Waals surface area contributed by atoms with Crippen LogP contribution in [-0.4, -0.2) is 31.1 Å². The van der Waals surface area contributed by atoms with Crippen LogP contribution in [0.1, 0.15) is 44.4 Å². The second kappa shape index (κ2) is 8.31. The van der Waals surface area contributed by atoms with Gasteiger partial charge in [-0.25, -0.2) is 0 Å². The van der Waals surface area contributed by atoms with Crippen molar-refractivity contribution in [2.24, 2.45) is 5.73 Å². The highest BCUT2D eigenvalue weighted by atomic mass is 16.5. The fraction of sp³-hybridized carbons (Fsp3) is 0.625. The number of nitrogens with zero attached hydrogens (tertiary/aromatic N) is 1. The molecule has 2 unspecified atom stereocenters. The van der Waals surface area contributed by atoms with Crippen molar-refractivity contribution in [3.05, 3.63) is 35.4 Å². The van der Waals surface area contributed by atoms with Crippen LogP contribution >= 0.6 is 0 Å². The highest BCUT2D eigenvalue weighted by Crippen LogP contribution is 2.24. The van der Waals surface area contributed by atoms with Crippen LogP contribution in [0.2, 0.25) is 0 Å². The molecular weight excluding hydrogens is 236 g/mol. The molecule has 0 aliphatic rings. The van der Waals surface area contributed by atoms with Crippen LogP contribution in [0.5, 0.6) is 0 Å². The molecule has 0 saturated carbocycles. The largest absolute Gasteiger partial charge is 0.380 e. The number of nitrogens with two attached hydrogens (primary N) is 1. The van der Waals surface area contributed by atoms with Crippen molar-refractivity contribution in [2.45, 2.75) is 45.9 Å². The lowest BCUT2D eigenvalue weighted by molar-refractivity contribution is 0.151. The SMILES string of the molecule is CCC(C)N(CC)C(CN)c1cccc(COC)c1. The summed E-state index contributed by atoms with van der Waals surface area (Å²) in [6, 6.07) is 9.41. The lowest BCUT2D eigenvalue weighted by Crippen LogP contribution is -2.39. The van der Waals surface area contributed by atoms with E-state index in [1.807, 2.05) is 0 Å². The number of benzene rings is 1. The van der Waals surface area contributed by atoms with E-state index in [9.17, 15) is 0 Å². The molecule has 0 amide bonds. The van der Waals surface area contributed by atoms with Crippen molar-refractivity contribution in [1.29, 1.82) is 0 Å². The molecule has 0 spiro atoms. The first kappa shape index (κ1) is 16.2. The zero-order valence-electron chi connectivity index (χ0n) is 12.7. The molecule has 0 bridgehead atoms. The van der Waals surface area contributed by atoms with Crippen molar-refractivity contribution in [3.8, 4) is 0 Å². The van der Waals surface area contributed by atoms with Gasteiger partial charge in [0.1, 0.15) is 0 Å². The Labute approximate surface area is 117 Å². The molecule has 1 aromatic rings. The van der Waals surface area contributed by atoms with Gasteiger partial charge in [-0.3, -0.25) is 4.90 Å². The zero-order valence-corrected chi connectivity index (χ0v) is 12.7. The third-order valence-corrected chi connectivity index (χ3v) is 3.79. The number of likely N-dealkylation sites (N-methyl/N-ethyl adjacent to an activating group) is 1. The molecule has 19 heavy (non-hydrogen) atoms. The van der Waals surface area contributed by atoms with Gasteiger partial charge in [-0.2, -0.15) is 0 Å². The van der Waals surface area contributed by atoms with E-state index in [0.717, 1.165) is 13.0 Å². The van der Waals surface area contributed by atoms with E-state index in [0.29, 0.717) is 19.2 Å². The fourth-order valence-electron chi connectivity index (χ4n) is 2.59. The molecule has 0 saturated heterocycles. The summed E-state index contributed by atoms with van der Waals surface area (Å²) in [5, 5.41) is 0. The Hall–Kier alpha value is -0.900. The molecule has 0 aliphatic heterocycles. The molecule has 0 radical (unpaired) electrons. The lowest BCUT2D eigenvalue weighted by atomic mass is 10.0. The summed E-state index contributed by atoms with van der Waals surface area (Å²) < 4.78 is 5.21. The predicted octanol–water partition coefficient (Wildman–Crippen LogP) is 2.95. The Kier molecular flexibility index (Phi) is 7.06. The molecule has 2 N–H and O–H groups in total. The van der Waals surface area contributed by atoms with Gasteiger partial charge in [-0.05, 0) is 31.0 Å². The first-order valence-electron chi connectivity index (χ1n) is 7.21. The van der Waals surface area contributed by atoms with Gasteiger partial charge >= 0.3 is 0 Å². The monoisotopic (exact) mass is 264 g/mol. The molecule has 0 fully saturated rings. The summed E-state index contributed by atoms with van der Waals surface area (Å²) >= 11 is 0. The molecular formula is C16H28N2O. The Morgan fingerprint density at radius 1 is 1.32 bits per heavy atom. The van der Waals surface area contributed by atoms with Crippen molar-refractivity contribution in [2.75, 3.05) is 20.2 Å². The van der Waals surface area contributed by atoms with Gasteiger partial charge in [0.15, 0.2) is 0 Å². The highest BCUT2D eigenvalue weighted by Gasteiger charge is 2.21. The van der Waals surface area contributed by atoms with Crippen LogP contribution in [-0.2, 0) is 11.3 Å². The van der Waals surface area contributed by atoms with E-state index in [-0.39, 0.29) is 6.04 Å². The molecule has 1 rings (SSSR count). The van der Waals surface area contributed by atoms with Gasteiger partial charge < -0.3 is 10.5 Å². The maximum Gasteiger partial charge on any atom is 0.0713 e. The second-order valence-electron chi connectivity index (χ2n) is 5.02. The number of rotatable bonds is 8. The Morgan fingerprint density at radius 2 is 2.05 bits per heavy atom. The lowest BCUT2D eigenvalue weighted by Gasteiger charge is -2.35. The molecule has 1 aromatic carbocycles. The van der Waals surface area contributed by atoms with Crippen LogP contribution in [0.25, 0.3) is 0 Å². The zero-order chi connectivity index (χ0) is 14.3. The smallest absolute Gasteiger partial charge is 0.0713 e. The predicted molar refractivity (Wildman–Crippen MR) is 81.1 cm³/mol. The normalized spacial score (nSPS) is 14.6. The minimum absolute atomic E-state index is 0.289. The number of methoxy groups -OCH3 is 1. The maximum atomic E-state index is 6.02. The van der Waals surface area contributed by atoms with E-state index in [2.05, 4.69) is 49.9 Å². The number of ether oxygens (including phenoxy) is 1. The van der Waals surface area contributed by atoms with Crippen LogP contribution in [0.15, 0.2) is 24.3 Å². The summed E-state index contributed by atoms with van der Waals surface area (Å²) in [6.07, 6.45) is 1.14. The molecule has 0 aliphatic carbocycles. The third-order valence-electron chi connectivity index (χ3n) is 3.79. The number of hydrogen-bond acceptors (Lipinski definition) is 3. The quantitative estimate of drug-likeness (QED) is 0.784. The van der Waals surface area contributed by atoms with Gasteiger partial charge in [0.05, 0.1) is 6.61 Å². The van der Waals surface area contributed by atoms with Crippen LogP contribution in [0, 0.1) is 0 Å². The third kappa shape index (κ3) is 4.30. The number of hydrogen-bond donors (Lipinski definition) is 1. The minimum Gasteiger partial charge on any atom is -0.380 e. The summed E-state index contributed by atoms with van der Waals surface area (Å²) in [5.41, 5.74) is 8.52. The Morgan fingerprint density at radius 3 is 2.58 bits per heavy atom. The minimum atomic E-state index is 0.289. The van der Waals surface area contributed by atoms with Crippen LogP contribution in [0.3, 0.4) is 0 Å².